The number of carboxylic acids is 1. The van der Waals surface area contributed by atoms with E-state index in [0.29, 0.717) is 45.2 Å². The summed E-state index contributed by atoms with van der Waals surface area (Å²) in [6.07, 6.45) is 1.97. The van der Waals surface area contributed by atoms with Crippen molar-refractivity contribution >= 4 is 28.6 Å². The zero-order chi connectivity index (χ0) is 28.3. The van der Waals surface area contributed by atoms with Gasteiger partial charge in [-0.25, -0.2) is 9.78 Å². The van der Waals surface area contributed by atoms with Crippen LogP contribution in [-0.4, -0.2) is 37.1 Å². The number of nitrogens with zero attached hydrogens (tertiary/aromatic N) is 4. The van der Waals surface area contributed by atoms with Gasteiger partial charge in [0.1, 0.15) is 17.2 Å². The third-order valence-corrected chi connectivity index (χ3v) is 7.10. The lowest BCUT2D eigenvalue weighted by atomic mass is 9.99. The van der Waals surface area contributed by atoms with Crippen molar-refractivity contribution in [3.05, 3.63) is 76.7 Å². The fourth-order valence-corrected chi connectivity index (χ4v) is 5.18. The van der Waals surface area contributed by atoms with Crippen LogP contribution in [0.5, 0.6) is 5.75 Å². The largest absolute Gasteiger partial charge is 0.573 e. The molecule has 0 unspecified atom stereocenters. The van der Waals surface area contributed by atoms with Crippen LogP contribution >= 0.6 is 11.6 Å². The maximum atomic E-state index is 13.5. The Morgan fingerprint density at radius 2 is 1.90 bits per heavy atom. The van der Waals surface area contributed by atoms with Crippen LogP contribution in [0, 0.1) is 13.8 Å². The Labute approximate surface area is 230 Å². The van der Waals surface area contributed by atoms with E-state index in [9.17, 15) is 23.1 Å². The summed E-state index contributed by atoms with van der Waals surface area (Å²) in [5.74, 6) is -1.21. The van der Waals surface area contributed by atoms with E-state index >= 15 is 0 Å². The highest BCUT2D eigenvalue weighted by molar-refractivity contribution is 6.34. The number of rotatable bonds is 6. The second-order valence-corrected chi connectivity index (χ2v) is 10.0. The molecule has 0 radical (unpaired) electrons. The molecule has 0 bridgehead atoms. The van der Waals surface area contributed by atoms with E-state index in [4.69, 9.17) is 16.1 Å². The molecule has 4 heterocycles. The third kappa shape index (κ3) is 4.66. The highest BCUT2D eigenvalue weighted by Crippen LogP contribution is 2.45. The minimum atomic E-state index is -5.10. The molecule has 0 aliphatic heterocycles. The molecule has 0 amide bonds. The number of fused-ring (bicyclic) bond motifs is 1. The van der Waals surface area contributed by atoms with Crippen LogP contribution in [0.25, 0.3) is 39.0 Å². The maximum Gasteiger partial charge on any atom is 0.573 e. The number of pyridine rings is 2. The van der Waals surface area contributed by atoms with Gasteiger partial charge in [0.15, 0.2) is 0 Å². The Hall–Kier alpha value is -4.38. The predicted octanol–water partition coefficient (Wildman–Crippen LogP) is 7.49. The average molecular weight is 569 g/mol. The fourth-order valence-electron chi connectivity index (χ4n) is 4.87. The first kappa shape index (κ1) is 25.9. The number of carboxylic acid groups (broad SMARTS) is 1. The molecule has 40 heavy (non-hydrogen) atoms. The topological polar surface area (TPSA) is 103 Å². The Kier molecular flexibility index (Phi) is 6.06. The van der Waals surface area contributed by atoms with Gasteiger partial charge in [0.2, 0.25) is 0 Å². The van der Waals surface area contributed by atoms with Crippen molar-refractivity contribution < 1.29 is 32.3 Å². The van der Waals surface area contributed by atoms with Gasteiger partial charge in [0.25, 0.3) is 0 Å². The number of hydrogen-bond acceptors (Lipinski definition) is 6. The van der Waals surface area contributed by atoms with E-state index in [1.165, 1.54) is 0 Å². The van der Waals surface area contributed by atoms with E-state index < -0.39 is 23.6 Å². The van der Waals surface area contributed by atoms with Crippen molar-refractivity contribution in [1.29, 1.82) is 0 Å². The summed E-state index contributed by atoms with van der Waals surface area (Å²) < 4.78 is 51.7. The monoisotopic (exact) mass is 568 g/mol. The molecule has 204 valence electrons. The molecule has 1 aromatic carbocycles. The Bertz CT molecular complexity index is 1770. The van der Waals surface area contributed by atoms with Crippen molar-refractivity contribution in [2.45, 2.75) is 39.0 Å². The van der Waals surface area contributed by atoms with Crippen LogP contribution in [-0.2, 0) is 0 Å². The van der Waals surface area contributed by atoms with Gasteiger partial charge in [0, 0.05) is 51.6 Å². The molecule has 4 aromatic heterocycles. The minimum Gasteiger partial charge on any atom is -0.478 e. The first-order chi connectivity index (χ1) is 19.0. The molecule has 8 nitrogen and oxygen atoms in total. The van der Waals surface area contributed by atoms with Gasteiger partial charge < -0.3 is 14.4 Å². The Morgan fingerprint density at radius 3 is 2.50 bits per heavy atom. The van der Waals surface area contributed by atoms with Crippen LogP contribution < -0.4 is 4.74 Å². The molecule has 12 heteroatoms. The van der Waals surface area contributed by atoms with Gasteiger partial charge in [-0.15, -0.1) is 13.2 Å². The number of aromatic carboxylic acids is 1. The first-order valence-corrected chi connectivity index (χ1v) is 12.6. The van der Waals surface area contributed by atoms with Gasteiger partial charge in [-0.2, -0.15) is 0 Å². The van der Waals surface area contributed by atoms with Crippen LogP contribution in [0.4, 0.5) is 13.2 Å². The van der Waals surface area contributed by atoms with Crippen LogP contribution in [0.1, 0.15) is 46.3 Å². The lowest BCUT2D eigenvalue weighted by Gasteiger charge is -2.15. The number of benzene rings is 1. The number of alkyl halides is 3. The summed E-state index contributed by atoms with van der Waals surface area (Å²) >= 11 is 6.47. The van der Waals surface area contributed by atoms with Crippen molar-refractivity contribution in [3.63, 3.8) is 0 Å². The standard InChI is InChI=1S/C28H20ClF3N4O4/c1-13-24(14(2)40-35-13)17-7-19-20(25-21(29)8-16(27(37)38)9-23(25)39-28(30,31)32)12-36(26(19)34-10-17)18-5-6-22(33-11-18)15-3-4-15/h5-12,15H,3-4H2,1-2H3,(H,37,38). The third-order valence-electron chi connectivity index (χ3n) is 6.81. The predicted molar refractivity (Wildman–Crippen MR) is 140 cm³/mol. The van der Waals surface area contributed by atoms with Crippen LogP contribution in [0.3, 0.4) is 0 Å². The molecule has 0 spiro atoms. The van der Waals surface area contributed by atoms with Gasteiger partial charge >= 0.3 is 12.3 Å². The molecule has 1 aliphatic rings. The van der Waals surface area contributed by atoms with Gasteiger partial charge in [-0.3, -0.25) is 9.55 Å². The van der Waals surface area contributed by atoms with Crippen molar-refractivity contribution in [2.75, 3.05) is 0 Å². The number of hydrogen-bond donors (Lipinski definition) is 1. The average Bonchev–Trinajstić information content (AvgIpc) is 3.60. The van der Waals surface area contributed by atoms with Gasteiger partial charge in [0.05, 0.1) is 28.2 Å². The molecular weight excluding hydrogens is 549 g/mol. The molecule has 1 fully saturated rings. The van der Waals surface area contributed by atoms with E-state index in [1.54, 1.807) is 43.1 Å². The summed E-state index contributed by atoms with van der Waals surface area (Å²) in [6.45, 7) is 3.52. The molecule has 6 rings (SSSR count). The van der Waals surface area contributed by atoms with E-state index in [2.05, 4.69) is 19.9 Å². The molecule has 0 saturated heterocycles. The summed E-state index contributed by atoms with van der Waals surface area (Å²) in [7, 11) is 0. The Morgan fingerprint density at radius 1 is 1.12 bits per heavy atom. The lowest BCUT2D eigenvalue weighted by Crippen LogP contribution is -2.18. The highest BCUT2D eigenvalue weighted by atomic mass is 35.5. The number of aryl methyl sites for hydroxylation is 2. The number of aromatic nitrogens is 4. The van der Waals surface area contributed by atoms with E-state index in [1.807, 2.05) is 12.1 Å². The summed E-state index contributed by atoms with van der Waals surface area (Å²) in [6, 6.07) is 7.44. The minimum absolute atomic E-state index is 0.131. The van der Waals surface area contributed by atoms with Crippen molar-refractivity contribution in [1.82, 2.24) is 19.7 Å². The highest BCUT2D eigenvalue weighted by Gasteiger charge is 2.34. The zero-order valence-corrected chi connectivity index (χ0v) is 21.8. The molecule has 5 aromatic rings. The van der Waals surface area contributed by atoms with Crippen LogP contribution in [0.2, 0.25) is 5.02 Å². The summed E-state index contributed by atoms with van der Waals surface area (Å²) in [4.78, 5) is 20.8. The van der Waals surface area contributed by atoms with Gasteiger partial charge in [-0.1, -0.05) is 16.8 Å². The van der Waals surface area contributed by atoms with Crippen molar-refractivity contribution in [2.24, 2.45) is 0 Å². The van der Waals surface area contributed by atoms with E-state index in [-0.39, 0.29) is 16.1 Å². The van der Waals surface area contributed by atoms with Crippen molar-refractivity contribution in [3.8, 4) is 33.7 Å². The lowest BCUT2D eigenvalue weighted by molar-refractivity contribution is -0.274. The fraction of sp³-hybridized carbons (Fsp3) is 0.214. The SMILES string of the molecule is Cc1noc(C)c1-c1cnc2c(c1)c(-c1c(Cl)cc(C(=O)O)cc1OC(F)(F)F)cn2-c1ccc(C2CC2)nc1. The van der Waals surface area contributed by atoms with E-state index in [0.717, 1.165) is 30.7 Å². The number of halogens is 4. The number of ether oxygens (including phenoxy) is 1. The molecule has 0 atom stereocenters. The normalized spacial score (nSPS) is 13.7. The second-order valence-electron chi connectivity index (χ2n) is 9.61. The maximum absolute atomic E-state index is 13.5. The molecule has 1 aliphatic carbocycles. The quantitative estimate of drug-likeness (QED) is 0.226. The van der Waals surface area contributed by atoms with Crippen LogP contribution in [0.15, 0.2) is 53.4 Å². The van der Waals surface area contributed by atoms with Gasteiger partial charge in [-0.05, 0) is 57.0 Å². The first-order valence-electron chi connectivity index (χ1n) is 12.2. The zero-order valence-electron chi connectivity index (χ0n) is 21.1. The molecular formula is C28H20ClF3N4O4. The second kappa shape index (κ2) is 9.37. The molecule has 1 N–H and O–H groups in total. The summed E-state index contributed by atoms with van der Waals surface area (Å²) in [5.41, 5.74) is 3.64. The molecule has 1 saturated carbocycles. The number of carbonyl (C=O) groups is 1. The summed E-state index contributed by atoms with van der Waals surface area (Å²) in [5, 5.41) is 13.6. The Balaban J connectivity index is 1.62. The smallest absolute Gasteiger partial charge is 0.478 e.